The number of esters is 1. The smallest absolute Gasteiger partial charge is 0.338 e. The molecule has 1 heterocycles. The molecule has 0 N–H and O–H groups in total. The van der Waals surface area contributed by atoms with E-state index in [1.54, 1.807) is 12.1 Å². The SMILES string of the molecule is Cc1ccc(S[C@@H]2C[C@@](C#C[Si](C)(C)C)(COC(=O)c3ccccc3)O[C@@H]2C)cc1. The van der Waals surface area contributed by atoms with E-state index < -0.39 is 13.7 Å². The fraction of sp³-hybridized carbons (Fsp3) is 0.400. The maximum Gasteiger partial charge on any atom is 0.338 e. The van der Waals surface area contributed by atoms with Gasteiger partial charge in [0.15, 0.2) is 5.60 Å². The van der Waals surface area contributed by atoms with Gasteiger partial charge >= 0.3 is 5.97 Å². The quantitative estimate of drug-likeness (QED) is 0.339. The molecule has 0 amide bonds. The van der Waals surface area contributed by atoms with Crippen LogP contribution in [0, 0.1) is 18.4 Å². The standard InChI is InChI=1S/C25H30O3SSi/c1-19-11-13-22(14-12-19)29-23-17-25(28-20(23)2,15-16-30(3,4)5)18-27-24(26)21-9-7-6-8-10-21/h6-14,20,23H,17-18H2,1-5H3/t20-,23-,25+/m1/s1. The zero-order chi connectivity index (χ0) is 21.8. The molecule has 1 saturated heterocycles. The summed E-state index contributed by atoms with van der Waals surface area (Å²) < 4.78 is 12.1. The number of hydrogen-bond donors (Lipinski definition) is 0. The van der Waals surface area contributed by atoms with E-state index in [2.05, 4.69) is 69.2 Å². The number of aryl methyl sites for hydroxylation is 1. The minimum absolute atomic E-state index is 0.0164. The molecule has 5 heteroatoms. The highest BCUT2D eigenvalue weighted by molar-refractivity contribution is 8.00. The Labute approximate surface area is 185 Å². The van der Waals surface area contributed by atoms with Crippen LogP contribution in [-0.2, 0) is 9.47 Å². The fourth-order valence-electron chi connectivity index (χ4n) is 3.25. The fourth-order valence-corrected chi connectivity index (χ4v) is 5.10. The van der Waals surface area contributed by atoms with Crippen LogP contribution >= 0.6 is 11.8 Å². The summed E-state index contributed by atoms with van der Waals surface area (Å²) in [4.78, 5) is 13.7. The summed E-state index contributed by atoms with van der Waals surface area (Å²) in [6.45, 7) is 11.0. The first-order chi connectivity index (χ1) is 14.2. The molecular weight excluding hydrogens is 408 g/mol. The minimum Gasteiger partial charge on any atom is -0.458 e. The van der Waals surface area contributed by atoms with Gasteiger partial charge < -0.3 is 9.47 Å². The molecule has 3 nitrogen and oxygen atoms in total. The van der Waals surface area contributed by atoms with E-state index in [-0.39, 0.29) is 23.9 Å². The van der Waals surface area contributed by atoms with E-state index >= 15 is 0 Å². The molecule has 0 saturated carbocycles. The van der Waals surface area contributed by atoms with Crippen molar-refractivity contribution in [1.82, 2.24) is 0 Å². The van der Waals surface area contributed by atoms with Gasteiger partial charge in [0.05, 0.1) is 11.7 Å². The second-order valence-corrected chi connectivity index (χ2v) is 15.0. The maximum absolute atomic E-state index is 12.5. The van der Waals surface area contributed by atoms with Crippen LogP contribution in [0.25, 0.3) is 0 Å². The van der Waals surface area contributed by atoms with Crippen LogP contribution < -0.4 is 0 Å². The van der Waals surface area contributed by atoms with Gasteiger partial charge in [-0.2, -0.15) is 0 Å². The predicted octanol–water partition coefficient (Wildman–Crippen LogP) is 5.74. The highest BCUT2D eigenvalue weighted by atomic mass is 32.2. The molecule has 30 heavy (non-hydrogen) atoms. The minimum atomic E-state index is -1.60. The third-order valence-corrected chi connectivity index (χ3v) is 7.16. The van der Waals surface area contributed by atoms with Crippen LogP contribution in [0.2, 0.25) is 19.6 Å². The molecule has 0 bridgehead atoms. The lowest BCUT2D eigenvalue weighted by molar-refractivity contribution is -0.0390. The van der Waals surface area contributed by atoms with E-state index in [1.807, 2.05) is 30.0 Å². The van der Waals surface area contributed by atoms with Crippen LogP contribution in [0.15, 0.2) is 59.5 Å². The summed E-state index contributed by atoms with van der Waals surface area (Å²) in [5, 5.41) is 0.249. The first-order valence-electron chi connectivity index (χ1n) is 10.3. The highest BCUT2D eigenvalue weighted by Gasteiger charge is 2.45. The monoisotopic (exact) mass is 438 g/mol. The van der Waals surface area contributed by atoms with Gasteiger partial charge in [-0.3, -0.25) is 0 Å². The van der Waals surface area contributed by atoms with Gasteiger partial charge in [-0.05, 0) is 38.1 Å². The molecule has 2 aromatic carbocycles. The zero-order valence-electron chi connectivity index (χ0n) is 18.4. The number of carbonyl (C=O) groups excluding carboxylic acids is 1. The van der Waals surface area contributed by atoms with E-state index in [9.17, 15) is 4.79 Å². The topological polar surface area (TPSA) is 35.5 Å². The van der Waals surface area contributed by atoms with Crippen LogP contribution in [0.5, 0.6) is 0 Å². The van der Waals surface area contributed by atoms with E-state index in [0.29, 0.717) is 5.56 Å². The zero-order valence-corrected chi connectivity index (χ0v) is 20.2. The second-order valence-electron chi connectivity index (χ2n) is 8.93. The molecule has 2 aromatic rings. The van der Waals surface area contributed by atoms with E-state index in [0.717, 1.165) is 6.42 Å². The molecule has 3 atom stereocenters. The maximum atomic E-state index is 12.5. The molecule has 0 aromatic heterocycles. The average Bonchev–Trinajstić information content (AvgIpc) is 3.02. The van der Waals surface area contributed by atoms with Crippen LogP contribution in [0.3, 0.4) is 0 Å². The van der Waals surface area contributed by atoms with Crippen LogP contribution in [0.1, 0.15) is 29.3 Å². The summed E-state index contributed by atoms with van der Waals surface area (Å²) in [6, 6.07) is 17.6. The summed E-state index contributed by atoms with van der Waals surface area (Å²) in [5.41, 5.74) is 4.48. The molecule has 1 aliphatic heterocycles. The largest absolute Gasteiger partial charge is 0.458 e. The van der Waals surface area contributed by atoms with Crippen molar-refractivity contribution in [2.24, 2.45) is 0 Å². The number of carbonyl (C=O) groups is 1. The Kier molecular flexibility index (Phi) is 7.12. The van der Waals surface area contributed by atoms with Crippen molar-refractivity contribution in [3.63, 3.8) is 0 Å². The second kappa shape index (κ2) is 9.43. The molecule has 0 unspecified atom stereocenters. The van der Waals surface area contributed by atoms with Gasteiger partial charge in [-0.25, -0.2) is 4.79 Å². The predicted molar refractivity (Wildman–Crippen MR) is 127 cm³/mol. The molecule has 0 spiro atoms. The van der Waals surface area contributed by atoms with Crippen molar-refractivity contribution in [1.29, 1.82) is 0 Å². The van der Waals surface area contributed by atoms with Gasteiger partial charge in [0.1, 0.15) is 14.7 Å². The van der Waals surface area contributed by atoms with Crippen molar-refractivity contribution >= 4 is 25.8 Å². The molecule has 158 valence electrons. The van der Waals surface area contributed by atoms with Gasteiger partial charge in [0.25, 0.3) is 0 Å². The Morgan fingerprint density at radius 3 is 2.47 bits per heavy atom. The Morgan fingerprint density at radius 2 is 1.83 bits per heavy atom. The van der Waals surface area contributed by atoms with Crippen molar-refractivity contribution in [3.8, 4) is 11.5 Å². The van der Waals surface area contributed by atoms with Crippen molar-refractivity contribution in [2.45, 2.75) is 61.8 Å². The molecule has 1 aliphatic rings. The number of hydrogen-bond acceptors (Lipinski definition) is 4. The van der Waals surface area contributed by atoms with Gasteiger partial charge in [-0.15, -0.1) is 17.3 Å². The van der Waals surface area contributed by atoms with Crippen LogP contribution in [0.4, 0.5) is 0 Å². The third kappa shape index (κ3) is 6.25. The first kappa shape index (κ1) is 22.7. The van der Waals surface area contributed by atoms with E-state index in [4.69, 9.17) is 9.47 Å². The van der Waals surface area contributed by atoms with Crippen molar-refractivity contribution < 1.29 is 14.3 Å². The summed E-state index contributed by atoms with van der Waals surface area (Å²) in [6.07, 6.45) is 0.745. The summed E-state index contributed by atoms with van der Waals surface area (Å²) in [5.74, 6) is 3.06. The van der Waals surface area contributed by atoms with Crippen molar-refractivity contribution in [2.75, 3.05) is 6.61 Å². The number of thioether (sulfide) groups is 1. The highest BCUT2D eigenvalue weighted by Crippen LogP contribution is 2.41. The third-order valence-electron chi connectivity index (χ3n) is 4.89. The molecule has 1 fully saturated rings. The first-order valence-corrected chi connectivity index (χ1v) is 14.7. The number of benzene rings is 2. The number of rotatable bonds is 5. The summed E-state index contributed by atoms with van der Waals surface area (Å²) >= 11 is 1.81. The Hall–Kier alpha value is -2.00. The number of ether oxygens (including phenoxy) is 2. The summed E-state index contributed by atoms with van der Waals surface area (Å²) in [7, 11) is -1.60. The molecule has 3 rings (SSSR count). The van der Waals surface area contributed by atoms with Gasteiger partial charge in [0.2, 0.25) is 0 Å². The van der Waals surface area contributed by atoms with Gasteiger partial charge in [-0.1, -0.05) is 61.5 Å². The Morgan fingerprint density at radius 1 is 1.17 bits per heavy atom. The van der Waals surface area contributed by atoms with Gasteiger partial charge in [0, 0.05) is 16.6 Å². The van der Waals surface area contributed by atoms with E-state index in [1.165, 1.54) is 10.5 Å². The lowest BCUT2D eigenvalue weighted by Gasteiger charge is -2.23. The van der Waals surface area contributed by atoms with Crippen molar-refractivity contribution in [3.05, 3.63) is 65.7 Å². The molecule has 0 radical (unpaired) electrons. The molecule has 0 aliphatic carbocycles. The molecular formula is C25H30O3SSi. The average molecular weight is 439 g/mol. The Balaban J connectivity index is 1.77. The Bertz CT molecular complexity index is 925. The lowest BCUT2D eigenvalue weighted by atomic mass is 10.0. The van der Waals surface area contributed by atoms with Crippen LogP contribution in [-0.4, -0.2) is 37.6 Å². The normalized spacial score (nSPS) is 23.5. The lowest BCUT2D eigenvalue weighted by Crippen LogP contribution is -2.35.